The van der Waals surface area contributed by atoms with E-state index in [4.69, 9.17) is 0 Å². The molecule has 0 radical (unpaired) electrons. The minimum Gasteiger partial charge on any atom is -0.291 e. The van der Waals surface area contributed by atoms with E-state index in [-0.39, 0.29) is 5.92 Å². The number of aryl methyl sites for hydroxylation is 1. The normalized spacial score (nSPS) is 29.3. The van der Waals surface area contributed by atoms with Gasteiger partial charge in [0.1, 0.15) is 5.67 Å². The number of nitrogens with zero attached hydrogens (tertiary/aromatic N) is 3. The third-order valence-electron chi connectivity index (χ3n) is 3.22. The van der Waals surface area contributed by atoms with Crippen molar-refractivity contribution in [3.63, 3.8) is 0 Å². The van der Waals surface area contributed by atoms with Crippen molar-refractivity contribution in [2.24, 2.45) is 0 Å². The molecular formula is C12H14FN3. The largest absolute Gasteiger partial charge is 0.291 e. The van der Waals surface area contributed by atoms with Crippen LogP contribution in [0.4, 0.5) is 4.39 Å². The average molecular weight is 219 g/mol. The van der Waals surface area contributed by atoms with Crippen LogP contribution in [-0.2, 0) is 0 Å². The Bertz CT molecular complexity index is 536. The van der Waals surface area contributed by atoms with Crippen LogP contribution in [0.25, 0.3) is 5.78 Å². The summed E-state index contributed by atoms with van der Waals surface area (Å²) in [6, 6.07) is 0. The molecule has 1 aliphatic rings. The maximum atomic E-state index is 13.4. The van der Waals surface area contributed by atoms with Gasteiger partial charge in [-0.1, -0.05) is 0 Å². The summed E-state index contributed by atoms with van der Waals surface area (Å²) in [6.07, 6.45) is 6.92. The molecule has 0 spiro atoms. The molecule has 0 saturated heterocycles. The summed E-state index contributed by atoms with van der Waals surface area (Å²) in [6.45, 7) is 3.65. The highest BCUT2D eigenvalue weighted by molar-refractivity contribution is 5.33. The monoisotopic (exact) mass is 219 g/mol. The SMILES string of the molecule is Cc1cnc2nc(C3CC(C)(F)C3)cn2c1. The number of aromatic nitrogens is 3. The van der Waals surface area contributed by atoms with E-state index >= 15 is 0 Å². The number of halogens is 1. The fourth-order valence-corrected chi connectivity index (χ4v) is 2.38. The van der Waals surface area contributed by atoms with Crippen LogP contribution in [0, 0.1) is 6.92 Å². The van der Waals surface area contributed by atoms with Crippen LogP contribution in [0.5, 0.6) is 0 Å². The van der Waals surface area contributed by atoms with E-state index in [2.05, 4.69) is 9.97 Å². The fourth-order valence-electron chi connectivity index (χ4n) is 2.38. The Kier molecular flexibility index (Phi) is 1.85. The third kappa shape index (κ3) is 1.49. The van der Waals surface area contributed by atoms with Crippen LogP contribution < -0.4 is 0 Å². The first-order chi connectivity index (χ1) is 7.53. The second kappa shape index (κ2) is 3.03. The van der Waals surface area contributed by atoms with Crippen molar-refractivity contribution in [1.29, 1.82) is 0 Å². The molecule has 2 aromatic rings. The van der Waals surface area contributed by atoms with E-state index in [0.29, 0.717) is 18.6 Å². The molecule has 2 aromatic heterocycles. The van der Waals surface area contributed by atoms with Crippen molar-refractivity contribution in [2.75, 3.05) is 0 Å². The van der Waals surface area contributed by atoms with E-state index in [9.17, 15) is 4.39 Å². The summed E-state index contributed by atoms with van der Waals surface area (Å²) in [7, 11) is 0. The van der Waals surface area contributed by atoms with Gasteiger partial charge in [-0.25, -0.2) is 14.4 Å². The number of imidazole rings is 1. The smallest absolute Gasteiger partial charge is 0.233 e. The first-order valence-electron chi connectivity index (χ1n) is 5.54. The third-order valence-corrected chi connectivity index (χ3v) is 3.22. The van der Waals surface area contributed by atoms with Gasteiger partial charge < -0.3 is 0 Å². The van der Waals surface area contributed by atoms with Gasteiger partial charge in [-0.05, 0) is 32.3 Å². The van der Waals surface area contributed by atoms with Gasteiger partial charge in [0, 0.05) is 24.5 Å². The highest BCUT2D eigenvalue weighted by Gasteiger charge is 2.42. The molecule has 3 nitrogen and oxygen atoms in total. The summed E-state index contributed by atoms with van der Waals surface area (Å²) in [5.41, 5.74) is 1.07. The zero-order valence-corrected chi connectivity index (χ0v) is 9.44. The Morgan fingerprint density at radius 1 is 1.44 bits per heavy atom. The summed E-state index contributed by atoms with van der Waals surface area (Å²) in [4.78, 5) is 8.66. The highest BCUT2D eigenvalue weighted by Crippen LogP contribution is 2.46. The van der Waals surface area contributed by atoms with Crippen molar-refractivity contribution < 1.29 is 4.39 Å². The zero-order chi connectivity index (χ0) is 11.3. The lowest BCUT2D eigenvalue weighted by molar-refractivity contribution is 0.0602. The molecule has 1 saturated carbocycles. The van der Waals surface area contributed by atoms with Crippen molar-refractivity contribution in [2.45, 2.75) is 38.3 Å². The first kappa shape index (κ1) is 9.75. The molecule has 0 aromatic carbocycles. The number of hydrogen-bond acceptors (Lipinski definition) is 2. The van der Waals surface area contributed by atoms with Crippen LogP contribution in [0.2, 0.25) is 0 Å². The molecule has 0 unspecified atom stereocenters. The quantitative estimate of drug-likeness (QED) is 0.738. The zero-order valence-electron chi connectivity index (χ0n) is 9.44. The van der Waals surface area contributed by atoms with Gasteiger partial charge in [0.15, 0.2) is 0 Å². The predicted molar refractivity (Wildman–Crippen MR) is 59.2 cm³/mol. The van der Waals surface area contributed by atoms with Crippen molar-refractivity contribution in [1.82, 2.24) is 14.4 Å². The molecule has 0 atom stereocenters. The molecule has 1 aliphatic carbocycles. The lowest BCUT2D eigenvalue weighted by Gasteiger charge is -2.37. The second-order valence-electron chi connectivity index (χ2n) is 5.02. The molecule has 3 rings (SSSR count). The topological polar surface area (TPSA) is 30.2 Å². The number of alkyl halides is 1. The van der Waals surface area contributed by atoms with Crippen LogP contribution in [0.3, 0.4) is 0 Å². The van der Waals surface area contributed by atoms with E-state index in [1.807, 2.05) is 23.7 Å². The number of rotatable bonds is 1. The van der Waals surface area contributed by atoms with Gasteiger partial charge in [-0.15, -0.1) is 0 Å². The van der Waals surface area contributed by atoms with Crippen LogP contribution >= 0.6 is 0 Å². The summed E-state index contributed by atoms with van der Waals surface area (Å²) < 4.78 is 15.3. The molecule has 2 heterocycles. The van der Waals surface area contributed by atoms with Crippen LogP contribution in [0.15, 0.2) is 18.6 Å². The van der Waals surface area contributed by atoms with Crippen molar-refractivity contribution in [3.05, 3.63) is 29.8 Å². The highest BCUT2D eigenvalue weighted by atomic mass is 19.1. The lowest BCUT2D eigenvalue weighted by atomic mass is 9.72. The van der Waals surface area contributed by atoms with Gasteiger partial charge in [-0.2, -0.15) is 0 Å². The Morgan fingerprint density at radius 2 is 2.19 bits per heavy atom. The molecule has 84 valence electrons. The molecule has 16 heavy (non-hydrogen) atoms. The first-order valence-corrected chi connectivity index (χ1v) is 5.54. The van der Waals surface area contributed by atoms with E-state index in [1.165, 1.54) is 0 Å². The molecule has 0 aliphatic heterocycles. The summed E-state index contributed by atoms with van der Waals surface area (Å²) >= 11 is 0. The number of fused-ring (bicyclic) bond motifs is 1. The molecule has 0 amide bonds. The maximum Gasteiger partial charge on any atom is 0.233 e. The van der Waals surface area contributed by atoms with Gasteiger partial charge in [0.05, 0.1) is 5.69 Å². The van der Waals surface area contributed by atoms with Gasteiger partial charge in [-0.3, -0.25) is 4.40 Å². The van der Waals surface area contributed by atoms with Gasteiger partial charge >= 0.3 is 0 Å². The van der Waals surface area contributed by atoms with Gasteiger partial charge in [0.25, 0.3) is 0 Å². The fraction of sp³-hybridized carbons (Fsp3) is 0.500. The Balaban J connectivity index is 1.95. The molecule has 1 fully saturated rings. The molecule has 0 bridgehead atoms. The minimum atomic E-state index is -0.996. The Hall–Kier alpha value is -1.45. The number of hydrogen-bond donors (Lipinski definition) is 0. The van der Waals surface area contributed by atoms with Gasteiger partial charge in [0.2, 0.25) is 5.78 Å². The molecule has 4 heteroatoms. The molecule has 0 N–H and O–H groups in total. The lowest BCUT2D eigenvalue weighted by Crippen LogP contribution is -2.35. The maximum absolute atomic E-state index is 13.4. The predicted octanol–water partition coefficient (Wildman–Crippen LogP) is 2.64. The van der Waals surface area contributed by atoms with E-state index in [0.717, 1.165) is 11.3 Å². The second-order valence-corrected chi connectivity index (χ2v) is 5.02. The van der Waals surface area contributed by atoms with Crippen molar-refractivity contribution >= 4 is 5.78 Å². The van der Waals surface area contributed by atoms with E-state index < -0.39 is 5.67 Å². The van der Waals surface area contributed by atoms with Crippen LogP contribution in [0.1, 0.15) is 36.9 Å². The minimum absolute atomic E-state index is 0.261. The van der Waals surface area contributed by atoms with E-state index in [1.54, 1.807) is 13.1 Å². The summed E-state index contributed by atoms with van der Waals surface area (Å²) in [5, 5.41) is 0. The Morgan fingerprint density at radius 3 is 2.88 bits per heavy atom. The summed E-state index contributed by atoms with van der Waals surface area (Å²) in [5.74, 6) is 0.963. The van der Waals surface area contributed by atoms with Crippen molar-refractivity contribution in [3.8, 4) is 0 Å². The molecular weight excluding hydrogens is 205 g/mol. The van der Waals surface area contributed by atoms with Crippen LogP contribution in [-0.4, -0.2) is 20.0 Å². The Labute approximate surface area is 93.3 Å². The average Bonchev–Trinajstić information content (AvgIpc) is 2.56. The standard InChI is InChI=1S/C12H14FN3/c1-8-5-14-11-15-10(7-16(11)6-8)9-3-12(2,13)4-9/h5-7,9H,3-4H2,1-2H3.